The minimum absolute atomic E-state index is 0.0320. The van der Waals surface area contributed by atoms with Crippen molar-refractivity contribution in [2.45, 2.75) is 37.4 Å². The van der Waals surface area contributed by atoms with Gasteiger partial charge in [-0.25, -0.2) is 8.42 Å². The van der Waals surface area contributed by atoms with Crippen molar-refractivity contribution in [2.24, 2.45) is 11.8 Å². The highest BCUT2D eigenvalue weighted by atomic mass is 35.5. The SMILES string of the molecule is Cc1ccc(CNC(=O)[C@H](C)C2CCN(S(=O)(=O)c3ccc(Cl)s3)CC2)o1. The van der Waals surface area contributed by atoms with Crippen LogP contribution in [0.5, 0.6) is 0 Å². The summed E-state index contributed by atoms with van der Waals surface area (Å²) in [7, 11) is -3.50. The van der Waals surface area contributed by atoms with Gasteiger partial charge in [-0.1, -0.05) is 18.5 Å². The van der Waals surface area contributed by atoms with Crippen LogP contribution in [0.3, 0.4) is 0 Å². The van der Waals surface area contributed by atoms with Gasteiger partial charge in [0.1, 0.15) is 15.7 Å². The molecule has 9 heteroatoms. The van der Waals surface area contributed by atoms with E-state index in [1.165, 1.54) is 4.31 Å². The first kappa shape index (κ1) is 20.4. The first-order chi connectivity index (χ1) is 12.8. The van der Waals surface area contributed by atoms with Gasteiger partial charge in [-0.05, 0) is 49.9 Å². The van der Waals surface area contributed by atoms with E-state index in [9.17, 15) is 13.2 Å². The maximum atomic E-state index is 12.7. The Labute approximate surface area is 168 Å². The van der Waals surface area contributed by atoms with Gasteiger partial charge in [0.15, 0.2) is 0 Å². The van der Waals surface area contributed by atoms with E-state index >= 15 is 0 Å². The monoisotopic (exact) mass is 430 g/mol. The van der Waals surface area contributed by atoms with Gasteiger partial charge in [0.25, 0.3) is 10.0 Å². The lowest BCUT2D eigenvalue weighted by Gasteiger charge is -2.33. The Morgan fingerprint density at radius 3 is 2.59 bits per heavy atom. The summed E-state index contributed by atoms with van der Waals surface area (Å²) in [5.74, 6) is 1.48. The Balaban J connectivity index is 1.52. The van der Waals surface area contributed by atoms with Crippen molar-refractivity contribution in [2.75, 3.05) is 13.1 Å². The molecule has 1 N–H and O–H groups in total. The normalized spacial score (nSPS) is 17.7. The predicted octanol–water partition coefficient (Wildman–Crippen LogP) is 3.66. The van der Waals surface area contributed by atoms with Crippen LogP contribution in [0.15, 0.2) is 32.9 Å². The van der Waals surface area contributed by atoms with Gasteiger partial charge < -0.3 is 9.73 Å². The van der Waals surface area contributed by atoms with Crippen LogP contribution < -0.4 is 5.32 Å². The molecule has 0 bridgehead atoms. The van der Waals surface area contributed by atoms with E-state index < -0.39 is 10.0 Å². The number of thiophene rings is 1. The zero-order chi connectivity index (χ0) is 19.6. The Morgan fingerprint density at radius 2 is 2.04 bits per heavy atom. The van der Waals surface area contributed by atoms with E-state index in [-0.39, 0.29) is 22.0 Å². The molecule has 0 saturated carbocycles. The number of rotatable bonds is 6. The summed E-state index contributed by atoms with van der Waals surface area (Å²) in [6.45, 7) is 4.95. The average molecular weight is 431 g/mol. The summed E-state index contributed by atoms with van der Waals surface area (Å²) < 4.78 is 33.0. The van der Waals surface area contributed by atoms with Crippen LogP contribution >= 0.6 is 22.9 Å². The minimum Gasteiger partial charge on any atom is -0.465 e. The number of hydrogen-bond acceptors (Lipinski definition) is 5. The number of furan rings is 1. The van der Waals surface area contributed by atoms with Gasteiger partial charge in [-0.2, -0.15) is 4.31 Å². The van der Waals surface area contributed by atoms with Crippen LogP contribution in [0.25, 0.3) is 0 Å². The molecule has 1 aliphatic rings. The summed E-state index contributed by atoms with van der Waals surface area (Å²) in [6, 6.07) is 6.85. The fourth-order valence-electron chi connectivity index (χ4n) is 3.31. The van der Waals surface area contributed by atoms with E-state index in [1.807, 2.05) is 26.0 Å². The van der Waals surface area contributed by atoms with Gasteiger partial charge in [-0.15, -0.1) is 11.3 Å². The van der Waals surface area contributed by atoms with E-state index in [0.29, 0.717) is 36.8 Å². The lowest BCUT2D eigenvalue weighted by Crippen LogP contribution is -2.42. The van der Waals surface area contributed by atoms with Gasteiger partial charge in [-0.3, -0.25) is 4.79 Å². The molecule has 2 aromatic rings. The van der Waals surface area contributed by atoms with Gasteiger partial charge in [0.05, 0.1) is 10.9 Å². The zero-order valence-electron chi connectivity index (χ0n) is 15.3. The van der Waals surface area contributed by atoms with Gasteiger partial charge in [0.2, 0.25) is 5.91 Å². The van der Waals surface area contributed by atoms with Crippen molar-refractivity contribution in [3.8, 4) is 0 Å². The van der Waals surface area contributed by atoms with Crippen LogP contribution in [-0.2, 0) is 21.4 Å². The molecule has 0 radical (unpaired) electrons. The van der Waals surface area contributed by atoms with Crippen LogP contribution in [-0.4, -0.2) is 31.7 Å². The number of sulfonamides is 1. The lowest BCUT2D eigenvalue weighted by atomic mass is 9.85. The third kappa shape index (κ3) is 4.74. The quantitative estimate of drug-likeness (QED) is 0.758. The Morgan fingerprint density at radius 1 is 1.33 bits per heavy atom. The summed E-state index contributed by atoms with van der Waals surface area (Å²) in [5, 5.41) is 2.90. The third-order valence-electron chi connectivity index (χ3n) is 4.99. The molecule has 1 saturated heterocycles. The molecule has 6 nitrogen and oxygen atoms in total. The largest absolute Gasteiger partial charge is 0.465 e. The molecule has 0 aliphatic carbocycles. The molecule has 1 atom stereocenters. The number of nitrogens with one attached hydrogen (secondary N) is 1. The maximum absolute atomic E-state index is 12.7. The molecule has 0 spiro atoms. The van der Waals surface area contributed by atoms with E-state index in [4.69, 9.17) is 16.0 Å². The maximum Gasteiger partial charge on any atom is 0.252 e. The molecule has 0 unspecified atom stereocenters. The van der Waals surface area contributed by atoms with Crippen LogP contribution in [0.2, 0.25) is 4.34 Å². The Bertz CT molecular complexity index is 898. The summed E-state index contributed by atoms with van der Waals surface area (Å²) in [5.41, 5.74) is 0. The summed E-state index contributed by atoms with van der Waals surface area (Å²) in [4.78, 5) is 12.4. The lowest BCUT2D eigenvalue weighted by molar-refractivity contribution is -0.126. The topological polar surface area (TPSA) is 79.6 Å². The second-order valence-corrected chi connectivity index (χ2v) is 10.7. The molecule has 0 aromatic carbocycles. The molecule has 2 aromatic heterocycles. The molecule has 27 heavy (non-hydrogen) atoms. The smallest absolute Gasteiger partial charge is 0.252 e. The summed E-state index contributed by atoms with van der Waals surface area (Å²) >= 11 is 6.93. The number of amides is 1. The van der Waals surface area contributed by atoms with Crippen molar-refractivity contribution in [1.29, 1.82) is 0 Å². The second-order valence-electron chi connectivity index (χ2n) is 6.82. The molecule has 1 fully saturated rings. The van der Waals surface area contributed by atoms with Crippen molar-refractivity contribution >= 4 is 38.9 Å². The van der Waals surface area contributed by atoms with Crippen LogP contribution in [0.1, 0.15) is 31.3 Å². The van der Waals surface area contributed by atoms with Crippen molar-refractivity contribution < 1.29 is 17.6 Å². The molecule has 1 amide bonds. The van der Waals surface area contributed by atoms with Crippen molar-refractivity contribution in [3.05, 3.63) is 40.1 Å². The Kier molecular flexibility index (Phi) is 6.30. The van der Waals surface area contributed by atoms with Crippen LogP contribution in [0.4, 0.5) is 0 Å². The summed E-state index contributed by atoms with van der Waals surface area (Å²) in [6.07, 6.45) is 1.32. The van der Waals surface area contributed by atoms with Crippen molar-refractivity contribution in [3.63, 3.8) is 0 Å². The number of nitrogens with zero attached hydrogens (tertiary/aromatic N) is 1. The molecule has 148 valence electrons. The Hall–Kier alpha value is -1.35. The molecule has 3 rings (SSSR count). The highest BCUT2D eigenvalue weighted by Gasteiger charge is 2.34. The number of halogens is 1. The average Bonchev–Trinajstić information content (AvgIpc) is 3.27. The standard InChI is InChI=1S/C18H23ClN2O4S2/c1-12-3-4-15(25-12)11-20-18(22)13(2)14-7-9-21(10-8-14)27(23,24)17-6-5-16(19)26-17/h3-6,13-14H,7-11H2,1-2H3,(H,20,22)/t13-/m1/s1. The van der Waals surface area contributed by atoms with Gasteiger partial charge >= 0.3 is 0 Å². The van der Waals surface area contributed by atoms with E-state index in [2.05, 4.69) is 5.32 Å². The van der Waals surface area contributed by atoms with Gasteiger partial charge in [0, 0.05) is 19.0 Å². The number of aryl methyl sites for hydroxylation is 1. The molecular formula is C18H23ClN2O4S2. The number of hydrogen-bond donors (Lipinski definition) is 1. The minimum atomic E-state index is -3.50. The third-order valence-corrected chi connectivity index (χ3v) is 8.59. The van der Waals surface area contributed by atoms with Crippen LogP contribution in [0, 0.1) is 18.8 Å². The fraction of sp³-hybridized carbons (Fsp3) is 0.500. The number of piperidine rings is 1. The predicted molar refractivity (Wildman–Crippen MR) is 105 cm³/mol. The molecule has 3 heterocycles. The number of carbonyl (C=O) groups is 1. The fourth-order valence-corrected chi connectivity index (χ4v) is 6.42. The van der Waals surface area contributed by atoms with E-state index in [1.54, 1.807) is 12.1 Å². The highest BCUT2D eigenvalue weighted by Crippen LogP contribution is 2.32. The second kappa shape index (κ2) is 8.34. The first-order valence-corrected chi connectivity index (χ1v) is 11.5. The number of carbonyl (C=O) groups excluding carboxylic acids is 1. The zero-order valence-corrected chi connectivity index (χ0v) is 17.7. The first-order valence-electron chi connectivity index (χ1n) is 8.86. The van der Waals surface area contributed by atoms with Crippen molar-refractivity contribution in [1.82, 2.24) is 9.62 Å². The molecule has 1 aliphatic heterocycles. The highest BCUT2D eigenvalue weighted by molar-refractivity contribution is 7.91. The molecular weight excluding hydrogens is 408 g/mol. The van der Waals surface area contributed by atoms with E-state index in [0.717, 1.165) is 22.9 Å².